The molecule has 0 radical (unpaired) electrons. The number of nitrogens with zero attached hydrogens (tertiary/aromatic N) is 4. The van der Waals surface area contributed by atoms with E-state index < -0.39 is 0 Å². The standard InChI is InChI=1S/C16H15N5O2S/c1-23-14-11(10-5-6-10)3-2-4-12(14)15(22)21(13-7-24-9-18-13)16-17-8-19-20-16/h2-4,7-10H,5-6H2,1H3,(H,17,19,20). The molecule has 7 nitrogen and oxygen atoms in total. The number of hydrogen-bond acceptors (Lipinski definition) is 6. The molecule has 0 spiro atoms. The summed E-state index contributed by atoms with van der Waals surface area (Å²) in [4.78, 5) is 23.0. The minimum Gasteiger partial charge on any atom is -0.496 e. The van der Waals surface area contributed by atoms with Crippen molar-refractivity contribution in [3.8, 4) is 5.75 Å². The van der Waals surface area contributed by atoms with Crippen molar-refractivity contribution in [3.63, 3.8) is 0 Å². The second-order valence-corrected chi connectivity index (χ2v) is 6.22. The van der Waals surface area contributed by atoms with Crippen LogP contribution < -0.4 is 9.64 Å². The summed E-state index contributed by atoms with van der Waals surface area (Å²) in [6, 6.07) is 5.68. The molecule has 0 atom stereocenters. The first-order valence-electron chi connectivity index (χ1n) is 7.54. The first kappa shape index (κ1) is 14.8. The summed E-state index contributed by atoms with van der Waals surface area (Å²) >= 11 is 1.41. The fraction of sp³-hybridized carbons (Fsp3) is 0.250. The van der Waals surface area contributed by atoms with Crippen LogP contribution in [-0.2, 0) is 0 Å². The first-order chi connectivity index (χ1) is 11.8. The van der Waals surface area contributed by atoms with E-state index in [1.54, 1.807) is 24.1 Å². The number of ether oxygens (including phenoxy) is 1. The molecule has 1 amide bonds. The van der Waals surface area contributed by atoms with Crippen LogP contribution in [0.4, 0.5) is 11.8 Å². The topological polar surface area (TPSA) is 84.0 Å². The third-order valence-corrected chi connectivity index (χ3v) is 4.54. The van der Waals surface area contributed by atoms with E-state index in [0.29, 0.717) is 29.0 Å². The molecule has 1 fully saturated rings. The molecule has 0 unspecified atom stereocenters. The van der Waals surface area contributed by atoms with E-state index in [1.165, 1.54) is 22.6 Å². The predicted molar refractivity (Wildman–Crippen MR) is 89.9 cm³/mol. The van der Waals surface area contributed by atoms with Crippen molar-refractivity contribution in [2.24, 2.45) is 0 Å². The van der Waals surface area contributed by atoms with Crippen LogP contribution in [-0.4, -0.2) is 33.2 Å². The van der Waals surface area contributed by atoms with Crippen LogP contribution >= 0.6 is 11.3 Å². The number of hydrogen-bond donors (Lipinski definition) is 1. The van der Waals surface area contributed by atoms with Gasteiger partial charge in [0, 0.05) is 5.38 Å². The normalized spacial score (nSPS) is 13.7. The van der Waals surface area contributed by atoms with Crippen molar-refractivity contribution < 1.29 is 9.53 Å². The Kier molecular flexibility index (Phi) is 3.73. The van der Waals surface area contributed by atoms with Gasteiger partial charge in [-0.25, -0.2) is 15.0 Å². The largest absolute Gasteiger partial charge is 0.496 e. The van der Waals surface area contributed by atoms with Crippen LogP contribution in [0, 0.1) is 0 Å². The molecule has 0 aliphatic heterocycles. The van der Waals surface area contributed by atoms with Crippen molar-refractivity contribution in [1.82, 2.24) is 20.2 Å². The SMILES string of the molecule is COc1c(C(=O)N(c2cscn2)c2ncn[nH]2)cccc1C1CC1. The second-order valence-electron chi connectivity index (χ2n) is 5.50. The van der Waals surface area contributed by atoms with Gasteiger partial charge in [-0.2, -0.15) is 10.1 Å². The number of aromatic nitrogens is 4. The molecule has 2 heterocycles. The van der Waals surface area contributed by atoms with E-state index >= 15 is 0 Å². The average molecular weight is 341 g/mol. The highest BCUT2D eigenvalue weighted by Gasteiger charge is 2.32. The van der Waals surface area contributed by atoms with Gasteiger partial charge in [0.05, 0.1) is 18.2 Å². The zero-order valence-corrected chi connectivity index (χ0v) is 13.8. The molecule has 2 aromatic heterocycles. The van der Waals surface area contributed by atoms with Gasteiger partial charge >= 0.3 is 0 Å². The number of para-hydroxylation sites is 1. The maximum absolute atomic E-state index is 13.2. The summed E-state index contributed by atoms with van der Waals surface area (Å²) in [5.74, 6) is 1.68. The number of aromatic amines is 1. The number of benzene rings is 1. The van der Waals surface area contributed by atoms with Crippen molar-refractivity contribution in [1.29, 1.82) is 0 Å². The number of rotatable bonds is 5. The van der Waals surface area contributed by atoms with Gasteiger partial charge in [-0.1, -0.05) is 12.1 Å². The molecule has 0 bridgehead atoms. The highest BCUT2D eigenvalue weighted by Crippen LogP contribution is 2.45. The number of carbonyl (C=O) groups is 1. The van der Waals surface area contributed by atoms with E-state index in [1.807, 2.05) is 12.1 Å². The van der Waals surface area contributed by atoms with E-state index in [9.17, 15) is 4.79 Å². The van der Waals surface area contributed by atoms with Crippen LogP contribution in [0.3, 0.4) is 0 Å². The molecule has 1 N–H and O–H groups in total. The number of carbonyl (C=O) groups excluding carboxylic acids is 1. The third-order valence-electron chi connectivity index (χ3n) is 3.96. The summed E-state index contributed by atoms with van der Waals surface area (Å²) in [6.07, 6.45) is 3.62. The van der Waals surface area contributed by atoms with Gasteiger partial charge in [0.2, 0.25) is 5.95 Å². The lowest BCUT2D eigenvalue weighted by Gasteiger charge is -2.19. The number of H-pyrrole nitrogens is 1. The van der Waals surface area contributed by atoms with Gasteiger partial charge in [0.1, 0.15) is 12.1 Å². The minimum absolute atomic E-state index is 0.253. The van der Waals surface area contributed by atoms with E-state index in [2.05, 4.69) is 20.2 Å². The number of nitrogens with one attached hydrogen (secondary N) is 1. The van der Waals surface area contributed by atoms with Gasteiger partial charge in [-0.3, -0.25) is 4.79 Å². The number of anilines is 2. The number of thiazole rings is 1. The summed E-state index contributed by atoms with van der Waals surface area (Å²) in [5, 5.41) is 8.36. The Labute approximate surface area is 142 Å². The molecule has 1 aliphatic carbocycles. The number of methoxy groups -OCH3 is 1. The Bertz CT molecular complexity index is 809. The first-order valence-corrected chi connectivity index (χ1v) is 8.48. The number of amides is 1. The molecule has 122 valence electrons. The average Bonchev–Trinajstić information content (AvgIpc) is 3.08. The Morgan fingerprint density at radius 1 is 1.38 bits per heavy atom. The monoisotopic (exact) mass is 341 g/mol. The highest BCUT2D eigenvalue weighted by molar-refractivity contribution is 7.07. The molecule has 1 aliphatic rings. The zero-order valence-electron chi connectivity index (χ0n) is 13.0. The summed E-state index contributed by atoms with van der Waals surface area (Å²) < 4.78 is 5.57. The Morgan fingerprint density at radius 2 is 2.25 bits per heavy atom. The predicted octanol–water partition coefficient (Wildman–Crippen LogP) is 3.13. The summed E-state index contributed by atoms with van der Waals surface area (Å²) in [6.45, 7) is 0. The fourth-order valence-corrected chi connectivity index (χ4v) is 3.24. The van der Waals surface area contributed by atoms with Crippen molar-refractivity contribution >= 4 is 29.0 Å². The van der Waals surface area contributed by atoms with Gasteiger partial charge in [-0.15, -0.1) is 11.3 Å². The molecule has 4 rings (SSSR count). The molecular formula is C16H15N5O2S. The third kappa shape index (κ3) is 2.54. The van der Waals surface area contributed by atoms with Gasteiger partial charge in [-0.05, 0) is 30.4 Å². The van der Waals surface area contributed by atoms with Crippen LogP contribution in [0.2, 0.25) is 0 Å². The van der Waals surface area contributed by atoms with Crippen LogP contribution in [0.1, 0.15) is 34.7 Å². The Morgan fingerprint density at radius 3 is 2.88 bits per heavy atom. The minimum atomic E-state index is -0.253. The summed E-state index contributed by atoms with van der Waals surface area (Å²) in [7, 11) is 1.60. The van der Waals surface area contributed by atoms with Gasteiger partial charge < -0.3 is 4.74 Å². The van der Waals surface area contributed by atoms with Gasteiger partial charge in [0.25, 0.3) is 5.91 Å². The molecule has 8 heteroatoms. The smallest absolute Gasteiger partial charge is 0.270 e. The van der Waals surface area contributed by atoms with Crippen LogP contribution in [0.25, 0.3) is 0 Å². The van der Waals surface area contributed by atoms with Crippen molar-refractivity contribution in [2.75, 3.05) is 12.0 Å². The van der Waals surface area contributed by atoms with Crippen LogP contribution in [0.5, 0.6) is 5.75 Å². The second kappa shape index (κ2) is 6.04. The molecular weight excluding hydrogens is 326 g/mol. The van der Waals surface area contributed by atoms with E-state index in [0.717, 1.165) is 18.4 Å². The van der Waals surface area contributed by atoms with E-state index in [-0.39, 0.29) is 5.91 Å². The molecule has 3 aromatic rings. The lowest BCUT2D eigenvalue weighted by atomic mass is 10.0. The Balaban J connectivity index is 1.80. The Hall–Kier alpha value is -2.74. The molecule has 1 aromatic carbocycles. The lowest BCUT2D eigenvalue weighted by molar-refractivity contribution is 0.0994. The van der Waals surface area contributed by atoms with Crippen LogP contribution in [0.15, 0.2) is 35.4 Å². The molecule has 24 heavy (non-hydrogen) atoms. The summed E-state index contributed by atoms with van der Waals surface area (Å²) in [5.41, 5.74) is 3.24. The van der Waals surface area contributed by atoms with Crippen molar-refractivity contribution in [3.05, 3.63) is 46.5 Å². The zero-order chi connectivity index (χ0) is 16.5. The van der Waals surface area contributed by atoms with E-state index in [4.69, 9.17) is 4.74 Å². The quantitative estimate of drug-likeness (QED) is 0.771. The lowest BCUT2D eigenvalue weighted by Crippen LogP contribution is -2.28. The molecule has 1 saturated carbocycles. The fourth-order valence-electron chi connectivity index (χ4n) is 2.72. The van der Waals surface area contributed by atoms with Crippen molar-refractivity contribution in [2.45, 2.75) is 18.8 Å². The molecule has 0 saturated heterocycles. The maximum atomic E-state index is 13.2. The highest BCUT2D eigenvalue weighted by atomic mass is 32.1. The maximum Gasteiger partial charge on any atom is 0.270 e. The van der Waals surface area contributed by atoms with Gasteiger partial charge in [0.15, 0.2) is 5.82 Å².